The van der Waals surface area contributed by atoms with Gasteiger partial charge in [-0.05, 0) is 11.4 Å². The number of urea groups is 1. The minimum atomic E-state index is -0.712. The smallest absolute Gasteiger partial charge is 0.316 e. The van der Waals surface area contributed by atoms with Crippen molar-refractivity contribution < 1.29 is 9.59 Å². The molecular formula is C6H8ClN3O2S. The van der Waals surface area contributed by atoms with E-state index in [-0.39, 0.29) is 12.4 Å². The molecule has 0 aromatic carbocycles. The summed E-state index contributed by atoms with van der Waals surface area (Å²) in [6.45, 7) is 0. The predicted octanol–water partition coefficient (Wildman–Crippen LogP) is 0.759. The SMILES string of the molecule is Cl.NC(=O)Nc1ccsc1C(N)=O. The van der Waals surface area contributed by atoms with Crippen LogP contribution >= 0.6 is 23.7 Å². The van der Waals surface area contributed by atoms with Gasteiger partial charge in [-0.3, -0.25) is 4.79 Å². The zero-order valence-corrected chi connectivity index (χ0v) is 8.08. The average molecular weight is 222 g/mol. The number of amides is 3. The third-order valence-electron chi connectivity index (χ3n) is 1.15. The van der Waals surface area contributed by atoms with Crippen molar-refractivity contribution in [2.24, 2.45) is 11.5 Å². The van der Waals surface area contributed by atoms with E-state index < -0.39 is 11.9 Å². The topological polar surface area (TPSA) is 98.2 Å². The second-order valence-electron chi connectivity index (χ2n) is 2.02. The van der Waals surface area contributed by atoms with Gasteiger partial charge in [-0.1, -0.05) is 0 Å². The van der Waals surface area contributed by atoms with E-state index in [0.29, 0.717) is 10.6 Å². The summed E-state index contributed by atoms with van der Waals surface area (Å²) in [6.07, 6.45) is 0. The molecule has 0 saturated carbocycles. The van der Waals surface area contributed by atoms with Gasteiger partial charge in [0.25, 0.3) is 5.91 Å². The molecule has 7 heteroatoms. The van der Waals surface area contributed by atoms with E-state index in [9.17, 15) is 9.59 Å². The van der Waals surface area contributed by atoms with Crippen molar-refractivity contribution in [3.8, 4) is 0 Å². The molecule has 0 spiro atoms. The first-order valence-electron chi connectivity index (χ1n) is 3.05. The van der Waals surface area contributed by atoms with E-state index in [1.54, 1.807) is 11.4 Å². The van der Waals surface area contributed by atoms with E-state index in [1.807, 2.05) is 0 Å². The molecule has 0 radical (unpaired) electrons. The zero-order chi connectivity index (χ0) is 9.14. The molecule has 1 aromatic rings. The van der Waals surface area contributed by atoms with E-state index in [1.165, 1.54) is 0 Å². The van der Waals surface area contributed by atoms with Gasteiger partial charge < -0.3 is 16.8 Å². The molecule has 1 heterocycles. The highest BCUT2D eigenvalue weighted by molar-refractivity contribution is 7.12. The third kappa shape index (κ3) is 2.92. The Bertz CT molecular complexity index is 325. The Balaban J connectivity index is 0.00000144. The van der Waals surface area contributed by atoms with Crippen molar-refractivity contribution in [3.63, 3.8) is 0 Å². The van der Waals surface area contributed by atoms with Crippen LogP contribution in [0.3, 0.4) is 0 Å². The summed E-state index contributed by atoms with van der Waals surface area (Å²) in [6, 6.07) is 0.853. The molecule has 0 aliphatic carbocycles. The second-order valence-corrected chi connectivity index (χ2v) is 2.93. The Morgan fingerprint density at radius 2 is 2.00 bits per heavy atom. The van der Waals surface area contributed by atoms with Gasteiger partial charge in [0.15, 0.2) is 0 Å². The van der Waals surface area contributed by atoms with Crippen molar-refractivity contribution in [1.29, 1.82) is 0 Å². The van der Waals surface area contributed by atoms with Crippen LogP contribution in [-0.2, 0) is 0 Å². The molecular weight excluding hydrogens is 214 g/mol. The lowest BCUT2D eigenvalue weighted by Gasteiger charge is -1.98. The fourth-order valence-electron chi connectivity index (χ4n) is 0.731. The van der Waals surface area contributed by atoms with Crippen LogP contribution in [0.4, 0.5) is 10.5 Å². The van der Waals surface area contributed by atoms with Crippen molar-refractivity contribution >= 4 is 41.4 Å². The van der Waals surface area contributed by atoms with E-state index >= 15 is 0 Å². The molecule has 0 aliphatic rings. The number of carbonyl (C=O) groups excluding carboxylic acids is 2. The van der Waals surface area contributed by atoms with Crippen LogP contribution in [0.15, 0.2) is 11.4 Å². The number of hydrogen-bond donors (Lipinski definition) is 3. The van der Waals surface area contributed by atoms with Crippen LogP contribution in [0.5, 0.6) is 0 Å². The number of thiophene rings is 1. The lowest BCUT2D eigenvalue weighted by Crippen LogP contribution is -2.21. The fraction of sp³-hybridized carbons (Fsp3) is 0. The normalized spacial score (nSPS) is 8.62. The number of primary amides is 2. The molecule has 0 bridgehead atoms. The minimum Gasteiger partial charge on any atom is -0.365 e. The molecule has 0 aliphatic heterocycles. The van der Waals surface area contributed by atoms with Gasteiger partial charge in [0.2, 0.25) is 0 Å². The highest BCUT2D eigenvalue weighted by Crippen LogP contribution is 2.20. The number of hydrogen-bond acceptors (Lipinski definition) is 3. The van der Waals surface area contributed by atoms with Crippen LogP contribution in [0.25, 0.3) is 0 Å². The zero-order valence-electron chi connectivity index (χ0n) is 6.44. The number of carbonyl (C=O) groups is 2. The lowest BCUT2D eigenvalue weighted by molar-refractivity contribution is 0.100. The largest absolute Gasteiger partial charge is 0.365 e. The van der Waals surface area contributed by atoms with Gasteiger partial charge in [-0.15, -0.1) is 23.7 Å². The number of nitrogens with two attached hydrogens (primary N) is 2. The van der Waals surface area contributed by atoms with Crippen LogP contribution in [0.1, 0.15) is 9.67 Å². The van der Waals surface area contributed by atoms with Gasteiger partial charge in [0, 0.05) is 0 Å². The van der Waals surface area contributed by atoms with Gasteiger partial charge in [0.05, 0.1) is 5.69 Å². The fourth-order valence-corrected chi connectivity index (χ4v) is 1.43. The Hall–Kier alpha value is -1.27. The van der Waals surface area contributed by atoms with Crippen LogP contribution < -0.4 is 16.8 Å². The minimum absolute atomic E-state index is 0. The molecule has 1 rings (SSSR count). The van der Waals surface area contributed by atoms with Crippen molar-refractivity contribution in [1.82, 2.24) is 0 Å². The monoisotopic (exact) mass is 221 g/mol. The summed E-state index contributed by atoms with van der Waals surface area (Å²) >= 11 is 1.15. The summed E-state index contributed by atoms with van der Waals surface area (Å²) in [5, 5.41) is 3.93. The maximum absolute atomic E-state index is 10.7. The summed E-state index contributed by atoms with van der Waals surface area (Å²) in [5.74, 6) is -0.575. The molecule has 13 heavy (non-hydrogen) atoms. The quantitative estimate of drug-likeness (QED) is 0.687. The molecule has 0 atom stereocenters. The summed E-state index contributed by atoms with van der Waals surface area (Å²) < 4.78 is 0. The van der Waals surface area contributed by atoms with Crippen molar-refractivity contribution in [3.05, 3.63) is 16.3 Å². The van der Waals surface area contributed by atoms with Crippen molar-refractivity contribution in [2.75, 3.05) is 5.32 Å². The molecule has 0 fully saturated rings. The third-order valence-corrected chi connectivity index (χ3v) is 2.08. The van der Waals surface area contributed by atoms with Crippen LogP contribution in [0.2, 0.25) is 0 Å². The Kier molecular flexibility index (Phi) is 4.22. The van der Waals surface area contributed by atoms with E-state index in [4.69, 9.17) is 11.5 Å². The van der Waals surface area contributed by atoms with Gasteiger partial charge in [0.1, 0.15) is 4.88 Å². The molecule has 72 valence electrons. The highest BCUT2D eigenvalue weighted by Gasteiger charge is 2.10. The van der Waals surface area contributed by atoms with Crippen LogP contribution in [0, 0.1) is 0 Å². The standard InChI is InChI=1S/C6H7N3O2S.ClH/c7-5(10)4-3(1-2-12-4)9-6(8)11;/h1-2H,(H2,7,10)(H3,8,9,11);1H. The maximum Gasteiger partial charge on any atom is 0.316 e. The van der Waals surface area contributed by atoms with Gasteiger partial charge >= 0.3 is 6.03 Å². The maximum atomic E-state index is 10.7. The number of nitrogens with one attached hydrogen (secondary N) is 1. The Morgan fingerprint density at radius 3 is 2.46 bits per heavy atom. The first kappa shape index (κ1) is 11.7. The second kappa shape index (κ2) is 4.68. The average Bonchev–Trinajstić information content (AvgIpc) is 2.33. The Labute approximate surface area is 84.5 Å². The lowest BCUT2D eigenvalue weighted by atomic mass is 10.4. The molecule has 3 amide bonds. The van der Waals surface area contributed by atoms with E-state index in [0.717, 1.165) is 11.3 Å². The van der Waals surface area contributed by atoms with Gasteiger partial charge in [-0.2, -0.15) is 0 Å². The first-order valence-corrected chi connectivity index (χ1v) is 3.93. The van der Waals surface area contributed by atoms with Crippen LogP contribution in [-0.4, -0.2) is 11.9 Å². The first-order chi connectivity index (χ1) is 5.61. The van der Waals surface area contributed by atoms with Crippen molar-refractivity contribution in [2.45, 2.75) is 0 Å². The predicted molar refractivity (Wildman–Crippen MR) is 53.3 cm³/mol. The molecule has 0 saturated heterocycles. The molecule has 1 aromatic heterocycles. The van der Waals surface area contributed by atoms with E-state index in [2.05, 4.69) is 5.32 Å². The number of rotatable bonds is 2. The summed E-state index contributed by atoms with van der Waals surface area (Å²) in [7, 11) is 0. The molecule has 5 N–H and O–H groups in total. The summed E-state index contributed by atoms with van der Waals surface area (Å²) in [4.78, 5) is 21.4. The molecule has 0 unspecified atom stereocenters. The molecule has 5 nitrogen and oxygen atoms in total. The highest BCUT2D eigenvalue weighted by atomic mass is 35.5. The van der Waals surface area contributed by atoms with Gasteiger partial charge in [-0.25, -0.2) is 4.79 Å². The Morgan fingerprint density at radius 1 is 1.38 bits per heavy atom. The summed E-state index contributed by atoms with van der Waals surface area (Å²) in [5.41, 5.74) is 10.2. The number of anilines is 1. The number of halogens is 1.